The molecule has 1 aliphatic heterocycles. The predicted octanol–water partition coefficient (Wildman–Crippen LogP) is 3.61. The Balaban J connectivity index is 1.96. The quantitative estimate of drug-likeness (QED) is 0.624. The molecule has 0 amide bonds. The molecule has 1 aliphatic rings. The zero-order chi connectivity index (χ0) is 20.1. The topological polar surface area (TPSA) is 36.7 Å². The molecule has 2 aromatic heterocycles. The van der Waals surface area contributed by atoms with Gasteiger partial charge in [0, 0.05) is 37.9 Å². The molecule has 0 unspecified atom stereocenters. The molecule has 3 heterocycles. The minimum absolute atomic E-state index is 0.118. The Bertz CT molecular complexity index is 1000. The van der Waals surface area contributed by atoms with E-state index in [4.69, 9.17) is 0 Å². The van der Waals surface area contributed by atoms with Gasteiger partial charge in [-0.2, -0.15) is 22.8 Å². The van der Waals surface area contributed by atoms with Gasteiger partial charge in [0.15, 0.2) is 11.3 Å². The summed E-state index contributed by atoms with van der Waals surface area (Å²) >= 11 is 0. The SMILES string of the molecule is Cc1cc(N2CCN(C)CC2)n2nc(C(F)(F)F)c(-c3ccc(F)cc3)c2n1. The van der Waals surface area contributed by atoms with Gasteiger partial charge in [-0.05, 0) is 31.7 Å². The molecule has 28 heavy (non-hydrogen) atoms. The molecule has 0 spiro atoms. The lowest BCUT2D eigenvalue weighted by molar-refractivity contribution is -0.140. The van der Waals surface area contributed by atoms with Crippen LogP contribution in [0.1, 0.15) is 11.4 Å². The third-order valence-corrected chi connectivity index (χ3v) is 4.93. The van der Waals surface area contributed by atoms with Crippen LogP contribution in [0, 0.1) is 12.7 Å². The highest BCUT2D eigenvalue weighted by Gasteiger charge is 2.39. The van der Waals surface area contributed by atoms with Crippen LogP contribution >= 0.6 is 0 Å². The van der Waals surface area contributed by atoms with Gasteiger partial charge < -0.3 is 9.80 Å². The summed E-state index contributed by atoms with van der Waals surface area (Å²) < 4.78 is 55.9. The lowest BCUT2D eigenvalue weighted by Gasteiger charge is -2.34. The number of alkyl halides is 3. The highest BCUT2D eigenvalue weighted by atomic mass is 19.4. The van der Waals surface area contributed by atoms with Gasteiger partial charge in [-0.3, -0.25) is 0 Å². The second-order valence-electron chi connectivity index (χ2n) is 7.01. The van der Waals surface area contributed by atoms with E-state index >= 15 is 0 Å². The summed E-state index contributed by atoms with van der Waals surface area (Å²) in [5.74, 6) is 0.0607. The third kappa shape index (κ3) is 3.30. The maximum absolute atomic E-state index is 13.8. The van der Waals surface area contributed by atoms with E-state index in [0.29, 0.717) is 24.6 Å². The fourth-order valence-corrected chi connectivity index (χ4v) is 3.46. The van der Waals surface area contributed by atoms with Crippen LogP contribution in [0.3, 0.4) is 0 Å². The zero-order valence-corrected chi connectivity index (χ0v) is 15.5. The number of halogens is 4. The highest BCUT2D eigenvalue weighted by Crippen LogP contribution is 2.39. The van der Waals surface area contributed by atoms with Crippen molar-refractivity contribution in [2.45, 2.75) is 13.1 Å². The van der Waals surface area contributed by atoms with Gasteiger partial charge in [-0.25, -0.2) is 9.37 Å². The van der Waals surface area contributed by atoms with Crippen molar-refractivity contribution < 1.29 is 17.6 Å². The molecule has 1 fully saturated rings. The number of piperazine rings is 1. The Hall–Kier alpha value is -2.68. The van der Waals surface area contributed by atoms with Crippen LogP contribution in [0.25, 0.3) is 16.8 Å². The molecule has 1 saturated heterocycles. The van der Waals surface area contributed by atoms with Gasteiger partial charge in [0.1, 0.15) is 11.6 Å². The normalized spacial score (nSPS) is 16.1. The van der Waals surface area contributed by atoms with E-state index in [0.717, 1.165) is 25.2 Å². The Morgan fingerprint density at radius 3 is 2.25 bits per heavy atom. The van der Waals surface area contributed by atoms with Crippen molar-refractivity contribution in [3.05, 3.63) is 47.5 Å². The zero-order valence-electron chi connectivity index (χ0n) is 15.5. The molecule has 0 aliphatic carbocycles. The molecular formula is C19H19F4N5. The van der Waals surface area contributed by atoms with Gasteiger partial charge in [-0.15, -0.1) is 0 Å². The number of aryl methyl sites for hydroxylation is 1. The second kappa shape index (κ2) is 6.73. The monoisotopic (exact) mass is 393 g/mol. The van der Waals surface area contributed by atoms with Gasteiger partial charge in [0.2, 0.25) is 0 Å². The molecule has 0 atom stereocenters. The molecule has 9 heteroatoms. The van der Waals surface area contributed by atoms with Crippen molar-refractivity contribution in [3.63, 3.8) is 0 Å². The molecule has 148 valence electrons. The molecule has 0 N–H and O–H groups in total. The molecule has 0 radical (unpaired) electrons. The first-order valence-electron chi connectivity index (χ1n) is 8.91. The standard InChI is InChI=1S/C19H19F4N5/c1-12-11-15(27-9-7-26(2)8-10-27)28-18(24-12)16(17(25-28)19(21,22)23)13-3-5-14(20)6-4-13/h3-6,11H,7-10H2,1-2H3. The fourth-order valence-electron chi connectivity index (χ4n) is 3.46. The van der Waals surface area contributed by atoms with Crippen LogP contribution in [0.2, 0.25) is 0 Å². The van der Waals surface area contributed by atoms with E-state index in [1.165, 1.54) is 16.6 Å². The van der Waals surface area contributed by atoms with Crippen LogP contribution in [-0.4, -0.2) is 52.7 Å². The predicted molar refractivity (Wildman–Crippen MR) is 97.8 cm³/mol. The highest BCUT2D eigenvalue weighted by molar-refractivity contribution is 5.81. The summed E-state index contributed by atoms with van der Waals surface area (Å²) in [6, 6.07) is 6.66. The maximum Gasteiger partial charge on any atom is 0.435 e. The van der Waals surface area contributed by atoms with Crippen LogP contribution in [-0.2, 0) is 6.18 Å². The van der Waals surface area contributed by atoms with Gasteiger partial charge in [0.05, 0.1) is 5.56 Å². The van der Waals surface area contributed by atoms with Crippen molar-refractivity contribution in [3.8, 4) is 11.1 Å². The van der Waals surface area contributed by atoms with Crippen LogP contribution in [0.5, 0.6) is 0 Å². The summed E-state index contributed by atoms with van der Waals surface area (Å²) in [5.41, 5.74) is -0.211. The lowest BCUT2D eigenvalue weighted by atomic mass is 10.1. The first-order chi connectivity index (χ1) is 13.2. The number of hydrogen-bond acceptors (Lipinski definition) is 4. The van der Waals surface area contributed by atoms with Gasteiger partial charge in [0.25, 0.3) is 0 Å². The second-order valence-corrected chi connectivity index (χ2v) is 7.01. The van der Waals surface area contributed by atoms with E-state index in [1.54, 1.807) is 13.0 Å². The maximum atomic E-state index is 13.8. The first kappa shape index (κ1) is 18.7. The van der Waals surface area contributed by atoms with Crippen molar-refractivity contribution >= 4 is 11.5 Å². The molecule has 3 aromatic rings. The average Bonchev–Trinajstić information content (AvgIpc) is 3.02. The van der Waals surface area contributed by atoms with E-state index in [2.05, 4.69) is 15.0 Å². The third-order valence-electron chi connectivity index (χ3n) is 4.93. The van der Waals surface area contributed by atoms with Gasteiger partial charge >= 0.3 is 6.18 Å². The summed E-state index contributed by atoms with van der Waals surface area (Å²) in [4.78, 5) is 8.53. The van der Waals surface area contributed by atoms with Crippen LogP contribution < -0.4 is 4.90 Å². The molecular weight excluding hydrogens is 374 g/mol. The summed E-state index contributed by atoms with van der Waals surface area (Å²) in [7, 11) is 2.01. The number of nitrogens with zero attached hydrogens (tertiary/aromatic N) is 5. The minimum atomic E-state index is -4.66. The molecule has 1 aromatic carbocycles. The molecule has 0 bridgehead atoms. The smallest absolute Gasteiger partial charge is 0.354 e. The number of fused-ring (bicyclic) bond motifs is 1. The number of benzene rings is 1. The van der Waals surface area contributed by atoms with Gasteiger partial charge in [-0.1, -0.05) is 12.1 Å². The fraction of sp³-hybridized carbons (Fsp3) is 0.368. The Morgan fingerprint density at radius 1 is 1.00 bits per heavy atom. The Kier molecular flexibility index (Phi) is 4.49. The van der Waals surface area contributed by atoms with E-state index in [-0.39, 0.29) is 16.8 Å². The van der Waals surface area contributed by atoms with Crippen LogP contribution in [0.4, 0.5) is 23.4 Å². The van der Waals surface area contributed by atoms with E-state index < -0.39 is 17.7 Å². The Morgan fingerprint density at radius 2 is 1.64 bits per heavy atom. The summed E-state index contributed by atoms with van der Waals surface area (Å²) in [5, 5.41) is 3.90. The number of aromatic nitrogens is 3. The minimum Gasteiger partial charge on any atom is -0.354 e. The van der Waals surface area contributed by atoms with Crippen LogP contribution in [0.15, 0.2) is 30.3 Å². The number of hydrogen-bond donors (Lipinski definition) is 0. The first-order valence-corrected chi connectivity index (χ1v) is 8.91. The van der Waals surface area contributed by atoms with E-state index in [1.807, 2.05) is 11.9 Å². The largest absolute Gasteiger partial charge is 0.435 e. The Labute approximate surface area is 159 Å². The van der Waals surface area contributed by atoms with E-state index in [9.17, 15) is 17.6 Å². The average molecular weight is 393 g/mol. The van der Waals surface area contributed by atoms with Crippen molar-refractivity contribution in [2.24, 2.45) is 0 Å². The number of likely N-dealkylation sites (N-methyl/N-ethyl adjacent to an activating group) is 1. The molecule has 4 rings (SSSR count). The van der Waals surface area contributed by atoms with Crippen molar-refractivity contribution in [2.75, 3.05) is 38.1 Å². The summed E-state index contributed by atoms with van der Waals surface area (Å²) in [6.07, 6.45) is -4.66. The number of anilines is 1. The molecule has 5 nitrogen and oxygen atoms in total. The molecule has 0 saturated carbocycles. The summed E-state index contributed by atoms with van der Waals surface area (Å²) in [6.45, 7) is 4.72. The van der Waals surface area contributed by atoms with Crippen molar-refractivity contribution in [1.82, 2.24) is 19.5 Å². The lowest BCUT2D eigenvalue weighted by Crippen LogP contribution is -2.45. The number of rotatable bonds is 2. The van der Waals surface area contributed by atoms with Crippen molar-refractivity contribution in [1.29, 1.82) is 0 Å².